The first-order valence-electron chi connectivity index (χ1n) is 7.39. The van der Waals surface area contributed by atoms with Gasteiger partial charge in [-0.3, -0.25) is 0 Å². The fourth-order valence-corrected chi connectivity index (χ4v) is 3.84. The van der Waals surface area contributed by atoms with Gasteiger partial charge in [0.05, 0.1) is 15.7 Å². The highest BCUT2D eigenvalue weighted by atomic mass is 35.5. The van der Waals surface area contributed by atoms with Gasteiger partial charge in [-0.2, -0.15) is 0 Å². The van der Waals surface area contributed by atoms with Crippen LogP contribution in [0, 0.1) is 0 Å². The van der Waals surface area contributed by atoms with Crippen LogP contribution in [0.5, 0.6) is 0 Å². The highest BCUT2D eigenvalue weighted by Crippen LogP contribution is 2.44. The normalized spacial score (nSPS) is 18.2. The molecule has 2 saturated carbocycles. The number of hydrogen-bond acceptors (Lipinski definition) is 3. The Balaban J connectivity index is 1.64. The van der Waals surface area contributed by atoms with E-state index in [0.29, 0.717) is 16.0 Å². The van der Waals surface area contributed by atoms with Crippen LogP contribution in [-0.2, 0) is 6.54 Å². The van der Waals surface area contributed by atoms with Crippen LogP contribution in [0.4, 0.5) is 0 Å². The molecule has 0 bridgehead atoms. The van der Waals surface area contributed by atoms with Gasteiger partial charge in [0.2, 0.25) is 0 Å². The van der Waals surface area contributed by atoms with Gasteiger partial charge in [-0.05, 0) is 37.8 Å². The molecule has 0 saturated heterocycles. The molecule has 0 amide bonds. The predicted octanol–water partition coefficient (Wildman–Crippen LogP) is 5.25. The molecule has 2 aromatic rings. The van der Waals surface area contributed by atoms with Crippen LogP contribution >= 0.6 is 34.5 Å². The minimum Gasteiger partial charge on any atom is -0.309 e. The van der Waals surface area contributed by atoms with Crippen LogP contribution in [0.25, 0.3) is 10.6 Å². The molecule has 4 rings (SSSR count). The average Bonchev–Trinajstić information content (AvgIpc) is 3.39. The number of nitrogens with one attached hydrogen (secondary N) is 1. The van der Waals surface area contributed by atoms with Crippen molar-refractivity contribution in [2.75, 3.05) is 0 Å². The van der Waals surface area contributed by atoms with Crippen molar-refractivity contribution in [3.8, 4) is 10.6 Å². The fourth-order valence-electron chi connectivity index (χ4n) is 2.44. The Morgan fingerprint density at radius 1 is 1.14 bits per heavy atom. The maximum atomic E-state index is 6.13. The van der Waals surface area contributed by atoms with Crippen molar-refractivity contribution in [2.24, 2.45) is 0 Å². The zero-order valence-electron chi connectivity index (χ0n) is 11.5. The summed E-state index contributed by atoms with van der Waals surface area (Å²) in [5.41, 5.74) is 2.36. The molecule has 1 heterocycles. The van der Waals surface area contributed by atoms with Gasteiger partial charge in [-0.15, -0.1) is 11.3 Å². The average molecular weight is 339 g/mol. The van der Waals surface area contributed by atoms with Crippen LogP contribution in [0.2, 0.25) is 10.0 Å². The zero-order chi connectivity index (χ0) is 14.4. The fraction of sp³-hybridized carbons (Fsp3) is 0.438. The summed E-state index contributed by atoms with van der Waals surface area (Å²) in [6, 6.07) is 6.49. The second-order valence-corrected chi connectivity index (χ2v) is 7.78. The summed E-state index contributed by atoms with van der Waals surface area (Å²) in [5, 5.41) is 5.85. The van der Waals surface area contributed by atoms with Gasteiger partial charge in [-0.1, -0.05) is 29.3 Å². The van der Waals surface area contributed by atoms with E-state index in [0.717, 1.165) is 23.2 Å². The highest BCUT2D eigenvalue weighted by Gasteiger charge is 2.30. The van der Waals surface area contributed by atoms with E-state index in [-0.39, 0.29) is 0 Å². The van der Waals surface area contributed by atoms with Crippen molar-refractivity contribution >= 4 is 34.5 Å². The third-order valence-corrected chi connectivity index (χ3v) is 5.85. The van der Waals surface area contributed by atoms with E-state index in [1.807, 2.05) is 18.2 Å². The standard InChI is InChI=1S/C16H16Cl2N2S/c17-12-6-3-10(7-13(12)18)16-20-15(9-1-2-9)14(21-16)8-19-11-4-5-11/h3,6-7,9,11,19H,1-2,4-5,8H2. The zero-order valence-corrected chi connectivity index (χ0v) is 13.9. The van der Waals surface area contributed by atoms with Gasteiger partial charge in [0.15, 0.2) is 0 Å². The van der Waals surface area contributed by atoms with E-state index in [1.165, 1.54) is 36.3 Å². The van der Waals surface area contributed by atoms with E-state index in [1.54, 1.807) is 11.3 Å². The Morgan fingerprint density at radius 3 is 2.62 bits per heavy atom. The van der Waals surface area contributed by atoms with Gasteiger partial charge < -0.3 is 5.32 Å². The van der Waals surface area contributed by atoms with E-state index in [9.17, 15) is 0 Å². The molecule has 2 aliphatic rings. The second-order valence-electron chi connectivity index (χ2n) is 5.89. The lowest BCUT2D eigenvalue weighted by Gasteiger charge is -2.01. The molecular formula is C16H16Cl2N2S. The molecule has 1 aromatic heterocycles. The molecule has 21 heavy (non-hydrogen) atoms. The molecule has 0 radical (unpaired) electrons. The van der Waals surface area contributed by atoms with Gasteiger partial charge in [-0.25, -0.2) is 4.98 Å². The minimum absolute atomic E-state index is 0.593. The largest absolute Gasteiger partial charge is 0.309 e. The quantitative estimate of drug-likeness (QED) is 0.805. The molecule has 1 N–H and O–H groups in total. The Labute approximate surface area is 138 Å². The summed E-state index contributed by atoms with van der Waals surface area (Å²) in [5.74, 6) is 0.675. The molecule has 1 aromatic carbocycles. The van der Waals surface area contributed by atoms with Crippen molar-refractivity contribution in [1.82, 2.24) is 10.3 Å². The van der Waals surface area contributed by atoms with Crippen LogP contribution in [0.15, 0.2) is 18.2 Å². The molecule has 2 aliphatic carbocycles. The Morgan fingerprint density at radius 2 is 1.95 bits per heavy atom. The van der Waals surface area contributed by atoms with Crippen molar-refractivity contribution in [3.05, 3.63) is 38.8 Å². The molecule has 0 atom stereocenters. The van der Waals surface area contributed by atoms with Gasteiger partial charge in [0, 0.05) is 28.9 Å². The molecule has 110 valence electrons. The summed E-state index contributed by atoms with van der Waals surface area (Å²) >= 11 is 13.9. The topological polar surface area (TPSA) is 24.9 Å². The lowest BCUT2D eigenvalue weighted by Crippen LogP contribution is -2.15. The number of nitrogens with zero attached hydrogens (tertiary/aromatic N) is 1. The Hall–Kier alpha value is -0.610. The molecule has 2 fully saturated rings. The van der Waals surface area contributed by atoms with E-state index in [4.69, 9.17) is 28.2 Å². The van der Waals surface area contributed by atoms with Crippen LogP contribution in [0.1, 0.15) is 42.2 Å². The first-order chi connectivity index (χ1) is 10.2. The van der Waals surface area contributed by atoms with Crippen LogP contribution in [0.3, 0.4) is 0 Å². The van der Waals surface area contributed by atoms with Crippen molar-refractivity contribution < 1.29 is 0 Å². The summed E-state index contributed by atoms with van der Waals surface area (Å²) < 4.78 is 0. The SMILES string of the molecule is Clc1ccc(-c2nc(C3CC3)c(CNC3CC3)s2)cc1Cl. The molecule has 0 aliphatic heterocycles. The number of thiazole rings is 1. The first kappa shape index (κ1) is 14.0. The molecule has 2 nitrogen and oxygen atoms in total. The van der Waals surface area contributed by atoms with E-state index < -0.39 is 0 Å². The number of hydrogen-bond donors (Lipinski definition) is 1. The second kappa shape index (κ2) is 5.54. The summed E-state index contributed by atoms with van der Waals surface area (Å²) in [6.45, 7) is 0.954. The minimum atomic E-state index is 0.593. The van der Waals surface area contributed by atoms with Gasteiger partial charge in [0.25, 0.3) is 0 Å². The monoisotopic (exact) mass is 338 g/mol. The van der Waals surface area contributed by atoms with Gasteiger partial charge in [0.1, 0.15) is 5.01 Å². The third kappa shape index (κ3) is 3.11. The smallest absolute Gasteiger partial charge is 0.123 e. The molecule has 0 unspecified atom stereocenters. The number of benzene rings is 1. The van der Waals surface area contributed by atoms with Crippen molar-refractivity contribution in [1.29, 1.82) is 0 Å². The van der Waals surface area contributed by atoms with Crippen LogP contribution < -0.4 is 5.32 Å². The highest BCUT2D eigenvalue weighted by molar-refractivity contribution is 7.15. The number of halogens is 2. The number of rotatable bonds is 5. The van der Waals surface area contributed by atoms with E-state index >= 15 is 0 Å². The Bertz CT molecular complexity index is 675. The van der Waals surface area contributed by atoms with Crippen molar-refractivity contribution in [2.45, 2.75) is 44.2 Å². The van der Waals surface area contributed by atoms with E-state index in [2.05, 4.69) is 5.32 Å². The maximum Gasteiger partial charge on any atom is 0.123 e. The lowest BCUT2D eigenvalue weighted by molar-refractivity contribution is 0.688. The summed E-state index contributed by atoms with van der Waals surface area (Å²) in [4.78, 5) is 6.28. The summed E-state index contributed by atoms with van der Waals surface area (Å²) in [6.07, 6.45) is 5.19. The summed E-state index contributed by atoms with van der Waals surface area (Å²) in [7, 11) is 0. The maximum absolute atomic E-state index is 6.13. The van der Waals surface area contributed by atoms with Gasteiger partial charge >= 0.3 is 0 Å². The first-order valence-corrected chi connectivity index (χ1v) is 8.96. The predicted molar refractivity (Wildman–Crippen MR) is 89.4 cm³/mol. The molecule has 5 heteroatoms. The van der Waals surface area contributed by atoms with Crippen LogP contribution in [-0.4, -0.2) is 11.0 Å². The Kier molecular flexibility index (Phi) is 3.70. The van der Waals surface area contributed by atoms with Crippen molar-refractivity contribution in [3.63, 3.8) is 0 Å². The third-order valence-electron chi connectivity index (χ3n) is 3.99. The number of aromatic nitrogens is 1. The lowest BCUT2D eigenvalue weighted by atomic mass is 10.2. The molecule has 0 spiro atoms. The molecular weight excluding hydrogens is 323 g/mol.